The highest BCUT2D eigenvalue weighted by molar-refractivity contribution is 5.78. The van der Waals surface area contributed by atoms with Crippen molar-refractivity contribution >= 4 is 5.91 Å². The maximum Gasteiger partial charge on any atom is 0.224 e. The lowest BCUT2D eigenvalue weighted by atomic mass is 10.1. The van der Waals surface area contributed by atoms with Gasteiger partial charge in [-0.3, -0.25) is 4.79 Å². The van der Waals surface area contributed by atoms with Gasteiger partial charge >= 0.3 is 0 Å². The van der Waals surface area contributed by atoms with Crippen molar-refractivity contribution in [3.8, 4) is 17.2 Å². The molecule has 0 unspecified atom stereocenters. The number of amides is 1. The quantitative estimate of drug-likeness (QED) is 0.859. The summed E-state index contributed by atoms with van der Waals surface area (Å²) in [6.45, 7) is 0.414. The Hall–Kier alpha value is -2.69. The first-order chi connectivity index (χ1) is 10.6. The smallest absolute Gasteiger partial charge is 0.224 e. The zero-order valence-electron chi connectivity index (χ0n) is 12.6. The van der Waals surface area contributed by atoms with Crippen LogP contribution in [0, 0.1) is 0 Å². The highest BCUT2D eigenvalue weighted by Crippen LogP contribution is 2.27. The fraction of sp³-hybridized carbons (Fsp3) is 0.235. The second-order valence-electron chi connectivity index (χ2n) is 4.81. The molecule has 0 aromatic heterocycles. The number of methoxy groups -OCH3 is 2. The summed E-state index contributed by atoms with van der Waals surface area (Å²) in [5.41, 5.74) is 1.78. The van der Waals surface area contributed by atoms with Gasteiger partial charge in [0.2, 0.25) is 5.91 Å². The lowest BCUT2D eigenvalue weighted by molar-refractivity contribution is -0.120. The second kappa shape index (κ2) is 7.36. The molecule has 22 heavy (non-hydrogen) atoms. The lowest BCUT2D eigenvalue weighted by Crippen LogP contribution is -2.24. The van der Waals surface area contributed by atoms with E-state index < -0.39 is 0 Å². The normalized spacial score (nSPS) is 10.1. The number of ether oxygens (including phenoxy) is 2. The predicted octanol–water partition coefficient (Wildman–Crippen LogP) is 2.27. The molecular formula is C17H19NO4. The molecule has 5 heteroatoms. The fourth-order valence-corrected chi connectivity index (χ4v) is 2.05. The highest BCUT2D eigenvalue weighted by atomic mass is 16.5. The first kappa shape index (κ1) is 15.7. The van der Waals surface area contributed by atoms with Gasteiger partial charge < -0.3 is 19.9 Å². The van der Waals surface area contributed by atoms with E-state index >= 15 is 0 Å². The molecule has 2 aromatic rings. The van der Waals surface area contributed by atoms with Crippen molar-refractivity contribution in [2.24, 2.45) is 0 Å². The summed E-state index contributed by atoms with van der Waals surface area (Å²) in [6.07, 6.45) is 0.271. The van der Waals surface area contributed by atoms with Gasteiger partial charge in [-0.1, -0.05) is 18.2 Å². The van der Waals surface area contributed by atoms with Crippen molar-refractivity contribution in [2.75, 3.05) is 14.2 Å². The Labute approximate surface area is 129 Å². The van der Waals surface area contributed by atoms with Crippen LogP contribution in [0.3, 0.4) is 0 Å². The molecule has 0 saturated carbocycles. The molecule has 0 radical (unpaired) electrons. The standard InChI is InChI=1S/C17H19NO4/c1-21-15-8-5-13(9-16(15)22-2)11-18-17(20)10-12-3-6-14(19)7-4-12/h3-9,19H,10-11H2,1-2H3,(H,18,20). The van der Waals surface area contributed by atoms with Crippen LogP contribution >= 0.6 is 0 Å². The van der Waals surface area contributed by atoms with E-state index in [0.29, 0.717) is 18.0 Å². The maximum atomic E-state index is 11.9. The van der Waals surface area contributed by atoms with E-state index in [9.17, 15) is 9.90 Å². The Kier molecular flexibility index (Phi) is 5.25. The van der Waals surface area contributed by atoms with Crippen LogP contribution in [0.25, 0.3) is 0 Å². The number of phenolic OH excluding ortho intramolecular Hbond substituents is 1. The molecule has 0 aliphatic carbocycles. The van der Waals surface area contributed by atoms with E-state index in [1.54, 1.807) is 44.6 Å². The monoisotopic (exact) mass is 301 g/mol. The molecule has 2 aromatic carbocycles. The topological polar surface area (TPSA) is 67.8 Å². The van der Waals surface area contributed by atoms with E-state index in [1.165, 1.54) is 0 Å². The number of carbonyl (C=O) groups is 1. The van der Waals surface area contributed by atoms with E-state index in [0.717, 1.165) is 11.1 Å². The van der Waals surface area contributed by atoms with E-state index in [4.69, 9.17) is 9.47 Å². The summed E-state index contributed by atoms with van der Waals surface area (Å²) >= 11 is 0. The minimum absolute atomic E-state index is 0.0829. The van der Waals surface area contributed by atoms with E-state index in [1.807, 2.05) is 12.1 Å². The minimum Gasteiger partial charge on any atom is -0.508 e. The molecule has 0 saturated heterocycles. The third-order valence-corrected chi connectivity index (χ3v) is 3.24. The number of hydrogen-bond acceptors (Lipinski definition) is 4. The first-order valence-corrected chi connectivity index (χ1v) is 6.88. The summed E-state index contributed by atoms with van der Waals surface area (Å²) in [5, 5.41) is 12.1. The number of carbonyl (C=O) groups excluding carboxylic acids is 1. The van der Waals surface area contributed by atoms with Crippen LogP contribution < -0.4 is 14.8 Å². The molecule has 0 fully saturated rings. The Balaban J connectivity index is 1.92. The molecule has 0 bridgehead atoms. The van der Waals surface area contributed by atoms with Gasteiger partial charge in [-0.25, -0.2) is 0 Å². The Morgan fingerprint density at radius 2 is 1.64 bits per heavy atom. The highest BCUT2D eigenvalue weighted by Gasteiger charge is 2.07. The van der Waals surface area contributed by atoms with Crippen LogP contribution in [-0.2, 0) is 17.8 Å². The van der Waals surface area contributed by atoms with Crippen LogP contribution in [0.15, 0.2) is 42.5 Å². The Bertz CT molecular complexity index is 638. The van der Waals surface area contributed by atoms with Crippen molar-refractivity contribution in [3.05, 3.63) is 53.6 Å². The number of aromatic hydroxyl groups is 1. The van der Waals surface area contributed by atoms with Gasteiger partial charge in [0.1, 0.15) is 5.75 Å². The largest absolute Gasteiger partial charge is 0.508 e. The van der Waals surface area contributed by atoms with Crippen molar-refractivity contribution in [1.82, 2.24) is 5.32 Å². The van der Waals surface area contributed by atoms with Crippen molar-refractivity contribution in [1.29, 1.82) is 0 Å². The predicted molar refractivity (Wildman–Crippen MR) is 83.2 cm³/mol. The van der Waals surface area contributed by atoms with Gasteiger partial charge in [0.25, 0.3) is 0 Å². The molecule has 116 valence electrons. The minimum atomic E-state index is -0.0829. The zero-order valence-corrected chi connectivity index (χ0v) is 12.6. The summed E-state index contributed by atoms with van der Waals surface area (Å²) in [7, 11) is 3.15. The molecule has 1 amide bonds. The van der Waals surface area contributed by atoms with Crippen molar-refractivity contribution in [3.63, 3.8) is 0 Å². The number of phenols is 1. The van der Waals surface area contributed by atoms with Gasteiger partial charge in [0.15, 0.2) is 11.5 Å². The third-order valence-electron chi connectivity index (χ3n) is 3.24. The summed E-state index contributed by atoms with van der Waals surface area (Å²) in [4.78, 5) is 11.9. The van der Waals surface area contributed by atoms with E-state index in [-0.39, 0.29) is 18.1 Å². The fourth-order valence-electron chi connectivity index (χ4n) is 2.05. The third kappa shape index (κ3) is 4.15. The molecule has 0 heterocycles. The van der Waals surface area contributed by atoms with Crippen molar-refractivity contribution < 1.29 is 19.4 Å². The van der Waals surface area contributed by atoms with Crippen LogP contribution in [-0.4, -0.2) is 25.2 Å². The molecule has 5 nitrogen and oxygen atoms in total. The second-order valence-corrected chi connectivity index (χ2v) is 4.81. The van der Waals surface area contributed by atoms with Crippen LogP contribution in [0.5, 0.6) is 17.2 Å². The zero-order chi connectivity index (χ0) is 15.9. The summed E-state index contributed by atoms with van der Waals surface area (Å²) in [5.74, 6) is 1.39. The van der Waals surface area contributed by atoms with Crippen molar-refractivity contribution in [2.45, 2.75) is 13.0 Å². The van der Waals surface area contributed by atoms with Gasteiger partial charge in [-0.2, -0.15) is 0 Å². The SMILES string of the molecule is COc1ccc(CNC(=O)Cc2ccc(O)cc2)cc1OC. The average Bonchev–Trinajstić information content (AvgIpc) is 2.54. The van der Waals surface area contributed by atoms with Gasteiger partial charge in [0.05, 0.1) is 20.6 Å². The molecule has 0 aliphatic heterocycles. The molecule has 0 spiro atoms. The van der Waals surface area contributed by atoms with Crippen LogP contribution in [0.2, 0.25) is 0 Å². The Morgan fingerprint density at radius 1 is 1.00 bits per heavy atom. The number of nitrogens with one attached hydrogen (secondary N) is 1. The van der Waals surface area contributed by atoms with Crippen LogP contribution in [0.4, 0.5) is 0 Å². The Morgan fingerprint density at radius 3 is 2.27 bits per heavy atom. The number of benzene rings is 2. The number of hydrogen-bond donors (Lipinski definition) is 2. The molecule has 2 N–H and O–H groups in total. The molecule has 0 aliphatic rings. The maximum absolute atomic E-state index is 11.9. The summed E-state index contributed by atoms with van der Waals surface area (Å²) < 4.78 is 10.4. The number of rotatable bonds is 6. The van der Waals surface area contributed by atoms with Gasteiger partial charge in [-0.15, -0.1) is 0 Å². The average molecular weight is 301 g/mol. The molecule has 0 atom stereocenters. The molecular weight excluding hydrogens is 282 g/mol. The van der Waals surface area contributed by atoms with Crippen LogP contribution in [0.1, 0.15) is 11.1 Å². The van der Waals surface area contributed by atoms with E-state index in [2.05, 4.69) is 5.32 Å². The molecule has 2 rings (SSSR count). The lowest BCUT2D eigenvalue weighted by Gasteiger charge is -2.10. The van der Waals surface area contributed by atoms with Gasteiger partial charge in [-0.05, 0) is 35.4 Å². The first-order valence-electron chi connectivity index (χ1n) is 6.88. The summed E-state index contributed by atoms with van der Waals surface area (Å²) in [6, 6.07) is 12.1. The van der Waals surface area contributed by atoms with Gasteiger partial charge in [0, 0.05) is 6.54 Å².